The third kappa shape index (κ3) is 2.78. The van der Waals surface area contributed by atoms with Gasteiger partial charge in [-0.2, -0.15) is 0 Å². The van der Waals surface area contributed by atoms with Gasteiger partial charge in [0.25, 0.3) is 5.22 Å². The molecule has 3 aromatic heterocycles. The van der Waals surface area contributed by atoms with E-state index in [0.717, 1.165) is 28.2 Å². The van der Waals surface area contributed by atoms with Gasteiger partial charge in [-0.1, -0.05) is 0 Å². The Bertz CT molecular complexity index is 920. The summed E-state index contributed by atoms with van der Waals surface area (Å²) in [6.07, 6.45) is 3.05. The van der Waals surface area contributed by atoms with Crippen LogP contribution in [-0.4, -0.2) is 37.5 Å². The van der Waals surface area contributed by atoms with Gasteiger partial charge in [0, 0.05) is 23.2 Å². The summed E-state index contributed by atoms with van der Waals surface area (Å²) in [6, 6.07) is 0. The minimum atomic E-state index is 0.143. The van der Waals surface area contributed by atoms with Crippen LogP contribution >= 0.6 is 23.1 Å². The molecule has 0 saturated carbocycles. The fourth-order valence-corrected chi connectivity index (χ4v) is 4.59. The zero-order valence-electron chi connectivity index (χ0n) is 13.3. The highest BCUT2D eigenvalue weighted by Gasteiger charge is 2.23. The second-order valence-electron chi connectivity index (χ2n) is 5.62. The molecule has 0 spiro atoms. The Morgan fingerprint density at radius 2 is 2.21 bits per heavy atom. The minimum Gasteiger partial charge on any atom is -0.414 e. The summed E-state index contributed by atoms with van der Waals surface area (Å²) >= 11 is 2.99. The third-order valence-corrected chi connectivity index (χ3v) is 6.02. The molecule has 1 amide bonds. The summed E-state index contributed by atoms with van der Waals surface area (Å²) in [5.41, 5.74) is 1.18. The summed E-state index contributed by atoms with van der Waals surface area (Å²) in [5.74, 6) is 0.598. The number of hydrogen-bond donors (Lipinski definition) is 0. The number of aryl methyl sites for hydroxylation is 2. The van der Waals surface area contributed by atoms with Crippen LogP contribution < -0.4 is 0 Å². The van der Waals surface area contributed by atoms with Gasteiger partial charge >= 0.3 is 0 Å². The number of rotatable bonds is 4. The van der Waals surface area contributed by atoms with E-state index in [-0.39, 0.29) is 5.91 Å². The van der Waals surface area contributed by atoms with Gasteiger partial charge in [0.15, 0.2) is 0 Å². The lowest BCUT2D eigenvalue weighted by atomic mass is 10.2. The van der Waals surface area contributed by atoms with Gasteiger partial charge in [-0.25, -0.2) is 9.97 Å². The summed E-state index contributed by atoms with van der Waals surface area (Å²) in [7, 11) is 0. The Kier molecular flexibility index (Phi) is 3.97. The second kappa shape index (κ2) is 6.14. The fraction of sp³-hybridized carbons (Fsp3) is 0.400. The van der Waals surface area contributed by atoms with Gasteiger partial charge in [0.1, 0.15) is 16.2 Å². The molecule has 1 aliphatic rings. The molecule has 0 aromatic carbocycles. The zero-order valence-corrected chi connectivity index (χ0v) is 14.9. The van der Waals surface area contributed by atoms with Crippen molar-refractivity contribution in [3.8, 4) is 0 Å². The first-order valence-electron chi connectivity index (χ1n) is 7.60. The van der Waals surface area contributed by atoms with Crippen molar-refractivity contribution in [2.24, 2.45) is 0 Å². The van der Waals surface area contributed by atoms with Crippen LogP contribution in [0.25, 0.3) is 10.2 Å². The molecule has 1 saturated heterocycles. The maximum atomic E-state index is 11.7. The molecule has 0 atom stereocenters. The molecule has 0 radical (unpaired) electrons. The molecule has 1 fully saturated rings. The van der Waals surface area contributed by atoms with Crippen LogP contribution in [0.1, 0.15) is 29.2 Å². The molecule has 0 bridgehead atoms. The van der Waals surface area contributed by atoms with Crippen molar-refractivity contribution in [2.75, 3.05) is 6.54 Å². The number of amides is 1. The molecule has 4 rings (SSSR count). The maximum Gasteiger partial charge on any atom is 0.283 e. The Labute approximate surface area is 146 Å². The van der Waals surface area contributed by atoms with E-state index in [4.69, 9.17) is 4.42 Å². The standard InChI is InChI=1S/C15H15N5O2S2/c1-8-9(2)23-13-12(8)14(17-7-16-13)24-15-19-18-10(22-15)6-20-5-3-4-11(20)21/h7H,3-6H2,1-2H3. The van der Waals surface area contributed by atoms with Gasteiger partial charge in [-0.15, -0.1) is 21.5 Å². The first-order chi connectivity index (χ1) is 11.6. The normalized spacial score (nSPS) is 14.9. The van der Waals surface area contributed by atoms with E-state index in [2.05, 4.69) is 34.0 Å². The molecule has 0 unspecified atom stereocenters. The first-order valence-corrected chi connectivity index (χ1v) is 9.24. The number of hydrogen-bond acceptors (Lipinski definition) is 8. The van der Waals surface area contributed by atoms with Crippen molar-refractivity contribution < 1.29 is 9.21 Å². The van der Waals surface area contributed by atoms with Crippen LogP contribution in [0.5, 0.6) is 0 Å². The molecule has 0 N–H and O–H groups in total. The maximum absolute atomic E-state index is 11.7. The van der Waals surface area contributed by atoms with E-state index in [1.165, 1.54) is 22.2 Å². The van der Waals surface area contributed by atoms with E-state index in [9.17, 15) is 4.79 Å². The molecular formula is C15H15N5O2S2. The van der Waals surface area contributed by atoms with Crippen LogP contribution in [0.15, 0.2) is 21.0 Å². The molecule has 24 heavy (non-hydrogen) atoms. The number of carbonyl (C=O) groups is 1. The Hall–Kier alpha value is -2.00. The summed E-state index contributed by atoms with van der Waals surface area (Å²) in [6.45, 7) is 5.28. The molecular weight excluding hydrogens is 346 g/mol. The number of thiophene rings is 1. The van der Waals surface area contributed by atoms with Crippen molar-refractivity contribution in [1.29, 1.82) is 0 Å². The smallest absolute Gasteiger partial charge is 0.283 e. The highest BCUT2D eigenvalue weighted by atomic mass is 32.2. The Morgan fingerprint density at radius 3 is 3.00 bits per heavy atom. The number of fused-ring (bicyclic) bond motifs is 1. The number of nitrogens with zero attached hydrogens (tertiary/aromatic N) is 5. The van der Waals surface area contributed by atoms with Gasteiger partial charge in [-0.05, 0) is 37.6 Å². The van der Waals surface area contributed by atoms with Gasteiger partial charge in [-0.3, -0.25) is 4.79 Å². The van der Waals surface area contributed by atoms with E-state index < -0.39 is 0 Å². The van der Waals surface area contributed by atoms with Crippen LogP contribution in [0.3, 0.4) is 0 Å². The largest absolute Gasteiger partial charge is 0.414 e. The van der Waals surface area contributed by atoms with E-state index in [0.29, 0.717) is 24.1 Å². The van der Waals surface area contributed by atoms with Gasteiger partial charge in [0.05, 0.1) is 6.54 Å². The zero-order chi connectivity index (χ0) is 16.7. The number of carbonyl (C=O) groups excluding carboxylic acids is 1. The van der Waals surface area contributed by atoms with Crippen molar-refractivity contribution >= 4 is 39.2 Å². The Morgan fingerprint density at radius 1 is 1.33 bits per heavy atom. The quantitative estimate of drug-likeness (QED) is 0.660. The predicted molar refractivity (Wildman–Crippen MR) is 90.0 cm³/mol. The molecule has 124 valence electrons. The lowest BCUT2D eigenvalue weighted by molar-refractivity contribution is -0.128. The van der Waals surface area contributed by atoms with Gasteiger partial charge < -0.3 is 9.32 Å². The predicted octanol–water partition coefficient (Wildman–Crippen LogP) is 2.96. The molecule has 9 heteroatoms. The molecule has 7 nitrogen and oxygen atoms in total. The highest BCUT2D eigenvalue weighted by molar-refractivity contribution is 7.99. The van der Waals surface area contributed by atoms with Gasteiger partial charge in [0.2, 0.25) is 11.8 Å². The molecule has 3 aromatic rings. The van der Waals surface area contributed by atoms with E-state index in [1.54, 1.807) is 22.6 Å². The van der Waals surface area contributed by atoms with Crippen molar-refractivity contribution in [3.63, 3.8) is 0 Å². The average molecular weight is 361 g/mol. The summed E-state index contributed by atoms with van der Waals surface area (Å²) in [5, 5.41) is 10.4. The van der Waals surface area contributed by atoms with E-state index in [1.807, 2.05) is 0 Å². The van der Waals surface area contributed by atoms with Crippen LogP contribution in [0.4, 0.5) is 0 Å². The third-order valence-electron chi connectivity index (χ3n) is 4.06. The first kappa shape index (κ1) is 15.5. The summed E-state index contributed by atoms with van der Waals surface area (Å²) in [4.78, 5) is 24.3. The Balaban J connectivity index is 1.57. The van der Waals surface area contributed by atoms with E-state index >= 15 is 0 Å². The summed E-state index contributed by atoms with van der Waals surface area (Å²) < 4.78 is 5.68. The molecule has 0 aliphatic carbocycles. The van der Waals surface area contributed by atoms with Crippen molar-refractivity contribution in [2.45, 2.75) is 43.5 Å². The van der Waals surface area contributed by atoms with Crippen LogP contribution in [-0.2, 0) is 11.3 Å². The lowest BCUT2D eigenvalue weighted by Crippen LogP contribution is -2.23. The lowest BCUT2D eigenvalue weighted by Gasteiger charge is -2.11. The number of aromatic nitrogens is 4. The highest BCUT2D eigenvalue weighted by Crippen LogP contribution is 2.36. The molecule has 1 aliphatic heterocycles. The monoisotopic (exact) mass is 361 g/mol. The SMILES string of the molecule is Cc1sc2ncnc(Sc3nnc(CN4CCCC4=O)o3)c2c1C. The molecule has 4 heterocycles. The average Bonchev–Trinajstić information content (AvgIpc) is 3.23. The topological polar surface area (TPSA) is 85.0 Å². The van der Waals surface area contributed by atoms with Crippen LogP contribution in [0.2, 0.25) is 0 Å². The van der Waals surface area contributed by atoms with Crippen LogP contribution in [0, 0.1) is 13.8 Å². The van der Waals surface area contributed by atoms with Crippen molar-refractivity contribution in [1.82, 2.24) is 25.1 Å². The fourth-order valence-electron chi connectivity index (χ4n) is 2.69. The second-order valence-corrected chi connectivity index (χ2v) is 7.77. The number of likely N-dealkylation sites (tertiary alicyclic amines) is 1. The van der Waals surface area contributed by atoms with Crippen molar-refractivity contribution in [3.05, 3.63) is 22.7 Å². The minimum absolute atomic E-state index is 0.143.